The normalized spacial score (nSPS) is 12.5. The van der Waals surface area contributed by atoms with Crippen LogP contribution in [0.1, 0.15) is 21.5 Å². The molecular formula is C18H19ClN4O3. The molecule has 0 aliphatic rings. The number of carbonyl (C=O) groups excluding carboxylic acids is 1. The van der Waals surface area contributed by atoms with E-state index in [0.717, 1.165) is 5.56 Å². The van der Waals surface area contributed by atoms with Gasteiger partial charge in [-0.25, -0.2) is 0 Å². The van der Waals surface area contributed by atoms with Crippen LogP contribution >= 0.6 is 11.6 Å². The number of halogens is 1. The van der Waals surface area contributed by atoms with Crippen molar-refractivity contribution in [2.75, 3.05) is 0 Å². The third-order valence-electron chi connectivity index (χ3n) is 3.61. The Morgan fingerprint density at radius 3 is 2.42 bits per heavy atom. The van der Waals surface area contributed by atoms with Crippen LogP contribution in [0.2, 0.25) is 5.02 Å². The summed E-state index contributed by atoms with van der Waals surface area (Å²) in [5.41, 5.74) is 13.1. The summed E-state index contributed by atoms with van der Waals surface area (Å²) in [6.45, 7) is 0.342. The summed E-state index contributed by atoms with van der Waals surface area (Å²) in [7, 11) is 0. The minimum atomic E-state index is -1.08. The number of aliphatic carboxylic acids is 1. The van der Waals surface area contributed by atoms with Crippen molar-refractivity contribution in [3.05, 3.63) is 70.2 Å². The number of benzene rings is 2. The second kappa shape index (κ2) is 8.98. The zero-order valence-corrected chi connectivity index (χ0v) is 14.6. The molecule has 2 aromatic carbocycles. The van der Waals surface area contributed by atoms with Crippen molar-refractivity contribution in [2.24, 2.45) is 16.5 Å². The van der Waals surface area contributed by atoms with Gasteiger partial charge in [-0.1, -0.05) is 41.9 Å². The molecule has 2 aromatic rings. The minimum Gasteiger partial charge on any atom is -0.480 e. The lowest BCUT2D eigenvalue weighted by Crippen LogP contribution is -2.32. The van der Waals surface area contributed by atoms with Crippen molar-refractivity contribution in [1.29, 1.82) is 0 Å². The van der Waals surface area contributed by atoms with E-state index < -0.39 is 17.9 Å². The molecule has 26 heavy (non-hydrogen) atoms. The molecule has 0 radical (unpaired) electrons. The number of guanidine groups is 1. The first-order chi connectivity index (χ1) is 12.4. The fourth-order valence-electron chi connectivity index (χ4n) is 2.17. The molecule has 0 bridgehead atoms. The zero-order valence-electron chi connectivity index (χ0n) is 13.9. The van der Waals surface area contributed by atoms with E-state index in [2.05, 4.69) is 10.3 Å². The van der Waals surface area contributed by atoms with Gasteiger partial charge in [-0.3, -0.25) is 9.59 Å². The smallest absolute Gasteiger partial charge is 0.320 e. The number of nitrogens with two attached hydrogens (primary N) is 2. The van der Waals surface area contributed by atoms with Gasteiger partial charge in [0.2, 0.25) is 0 Å². The summed E-state index contributed by atoms with van der Waals surface area (Å²) in [4.78, 5) is 26.7. The molecule has 0 aliphatic carbocycles. The van der Waals surface area contributed by atoms with E-state index in [1.807, 2.05) is 18.2 Å². The van der Waals surface area contributed by atoms with E-state index in [4.69, 9.17) is 28.2 Å². The van der Waals surface area contributed by atoms with Crippen LogP contribution in [-0.4, -0.2) is 29.0 Å². The Morgan fingerprint density at radius 2 is 1.81 bits per heavy atom. The average Bonchev–Trinajstić information content (AvgIpc) is 2.61. The SMILES string of the molecule is NC(=NC(=O)c1ccc(CC(N)C(=O)O)cc1)NCc1ccccc1Cl. The monoisotopic (exact) mass is 374 g/mol. The van der Waals surface area contributed by atoms with E-state index in [9.17, 15) is 9.59 Å². The predicted octanol–water partition coefficient (Wildman–Crippen LogP) is 1.54. The molecule has 0 aliphatic heterocycles. The Bertz CT molecular complexity index is 821. The highest BCUT2D eigenvalue weighted by atomic mass is 35.5. The summed E-state index contributed by atoms with van der Waals surface area (Å²) < 4.78 is 0. The number of amides is 1. The van der Waals surface area contributed by atoms with Crippen LogP contribution < -0.4 is 16.8 Å². The van der Waals surface area contributed by atoms with Crippen LogP contribution in [0.5, 0.6) is 0 Å². The maximum atomic E-state index is 12.1. The number of carboxylic acids is 1. The van der Waals surface area contributed by atoms with Crippen LogP contribution in [-0.2, 0) is 17.8 Å². The van der Waals surface area contributed by atoms with Crippen molar-refractivity contribution in [3.63, 3.8) is 0 Å². The first kappa shape index (κ1) is 19.4. The van der Waals surface area contributed by atoms with Gasteiger partial charge in [0.15, 0.2) is 5.96 Å². The fourth-order valence-corrected chi connectivity index (χ4v) is 2.37. The standard InChI is InChI=1S/C18H19ClN4O3/c19-14-4-2-1-3-13(14)10-22-18(21)23-16(24)12-7-5-11(6-8-12)9-15(20)17(25)26/h1-8,15H,9-10,20H2,(H,25,26)(H3,21,22,23,24). The van der Waals surface area contributed by atoms with E-state index in [-0.39, 0.29) is 12.4 Å². The molecule has 0 spiro atoms. The Labute approximate surface area is 155 Å². The van der Waals surface area contributed by atoms with E-state index in [1.165, 1.54) is 0 Å². The Morgan fingerprint density at radius 1 is 1.15 bits per heavy atom. The van der Waals surface area contributed by atoms with Crippen molar-refractivity contribution < 1.29 is 14.7 Å². The van der Waals surface area contributed by atoms with Crippen molar-refractivity contribution >= 4 is 29.4 Å². The van der Waals surface area contributed by atoms with Gasteiger partial charge in [-0.15, -0.1) is 0 Å². The zero-order chi connectivity index (χ0) is 19.1. The van der Waals surface area contributed by atoms with Gasteiger partial charge in [-0.2, -0.15) is 4.99 Å². The molecule has 8 heteroatoms. The third-order valence-corrected chi connectivity index (χ3v) is 3.98. The molecule has 1 unspecified atom stereocenters. The maximum absolute atomic E-state index is 12.1. The first-order valence-corrected chi connectivity index (χ1v) is 8.17. The summed E-state index contributed by atoms with van der Waals surface area (Å²) in [6, 6.07) is 12.7. The largest absolute Gasteiger partial charge is 0.480 e. The second-order valence-electron chi connectivity index (χ2n) is 5.59. The molecule has 6 N–H and O–H groups in total. The lowest BCUT2D eigenvalue weighted by molar-refractivity contribution is -0.138. The van der Waals surface area contributed by atoms with Gasteiger partial charge in [0.25, 0.3) is 5.91 Å². The highest BCUT2D eigenvalue weighted by Crippen LogP contribution is 2.14. The lowest BCUT2D eigenvalue weighted by Gasteiger charge is -2.08. The van der Waals surface area contributed by atoms with Gasteiger partial charge in [0.1, 0.15) is 6.04 Å². The quantitative estimate of drug-likeness (QED) is 0.448. The van der Waals surface area contributed by atoms with E-state index in [0.29, 0.717) is 22.7 Å². The number of rotatable bonds is 6. The molecule has 1 amide bonds. The maximum Gasteiger partial charge on any atom is 0.320 e. The molecule has 1 atom stereocenters. The van der Waals surface area contributed by atoms with Gasteiger partial charge < -0.3 is 21.9 Å². The molecule has 0 saturated carbocycles. The van der Waals surface area contributed by atoms with Crippen LogP contribution in [0, 0.1) is 0 Å². The summed E-state index contributed by atoms with van der Waals surface area (Å²) >= 11 is 6.05. The average molecular weight is 375 g/mol. The molecule has 7 nitrogen and oxygen atoms in total. The predicted molar refractivity (Wildman–Crippen MR) is 100 cm³/mol. The van der Waals surface area contributed by atoms with Crippen molar-refractivity contribution in [1.82, 2.24) is 5.32 Å². The number of carboxylic acid groups (broad SMARTS) is 1. The Kier molecular flexibility index (Phi) is 6.71. The molecular weight excluding hydrogens is 356 g/mol. The number of nitrogens with zero attached hydrogens (tertiary/aromatic N) is 1. The van der Waals surface area contributed by atoms with Gasteiger partial charge in [0, 0.05) is 17.1 Å². The first-order valence-electron chi connectivity index (χ1n) is 7.80. The third kappa shape index (κ3) is 5.58. The summed E-state index contributed by atoms with van der Waals surface area (Å²) in [6.07, 6.45) is 0.175. The number of carbonyl (C=O) groups is 2. The van der Waals surface area contributed by atoms with Crippen LogP contribution in [0.4, 0.5) is 0 Å². The number of hydrogen-bond acceptors (Lipinski definition) is 3. The van der Waals surface area contributed by atoms with Crippen LogP contribution in [0.3, 0.4) is 0 Å². The Balaban J connectivity index is 1.96. The van der Waals surface area contributed by atoms with Crippen LogP contribution in [0.15, 0.2) is 53.5 Å². The Hall–Kier alpha value is -2.90. The number of aliphatic imine (C=N–C) groups is 1. The number of nitrogens with one attached hydrogen (secondary N) is 1. The van der Waals surface area contributed by atoms with E-state index >= 15 is 0 Å². The van der Waals surface area contributed by atoms with Crippen LogP contribution in [0.25, 0.3) is 0 Å². The molecule has 2 rings (SSSR count). The minimum absolute atomic E-state index is 0.0214. The lowest BCUT2D eigenvalue weighted by atomic mass is 10.0. The molecule has 0 saturated heterocycles. The highest BCUT2D eigenvalue weighted by molar-refractivity contribution is 6.31. The second-order valence-corrected chi connectivity index (χ2v) is 6.00. The van der Waals surface area contributed by atoms with Crippen molar-refractivity contribution in [3.8, 4) is 0 Å². The highest BCUT2D eigenvalue weighted by Gasteiger charge is 2.12. The van der Waals surface area contributed by atoms with E-state index in [1.54, 1.807) is 30.3 Å². The fraction of sp³-hybridized carbons (Fsp3) is 0.167. The number of hydrogen-bond donors (Lipinski definition) is 4. The summed E-state index contributed by atoms with van der Waals surface area (Å²) in [5.74, 6) is -1.61. The topological polar surface area (TPSA) is 131 Å². The molecule has 0 heterocycles. The molecule has 136 valence electrons. The molecule has 0 aromatic heterocycles. The van der Waals surface area contributed by atoms with Gasteiger partial charge in [0.05, 0.1) is 0 Å². The molecule has 0 fully saturated rings. The van der Waals surface area contributed by atoms with Gasteiger partial charge >= 0.3 is 5.97 Å². The summed E-state index contributed by atoms with van der Waals surface area (Å²) in [5, 5.41) is 12.2. The van der Waals surface area contributed by atoms with Crippen molar-refractivity contribution in [2.45, 2.75) is 19.0 Å². The van der Waals surface area contributed by atoms with Gasteiger partial charge in [-0.05, 0) is 35.7 Å².